The molecule has 4 aromatic rings. The fraction of sp³-hybridized carbons (Fsp3) is 0.346. The summed E-state index contributed by atoms with van der Waals surface area (Å²) in [6.07, 6.45) is 5.19. The summed E-state index contributed by atoms with van der Waals surface area (Å²) >= 11 is 3.08. The second-order valence-electron chi connectivity index (χ2n) is 8.81. The molecule has 0 radical (unpaired) electrons. The van der Waals surface area contributed by atoms with E-state index >= 15 is 0 Å². The Labute approximate surface area is 201 Å². The first-order chi connectivity index (χ1) is 16.2. The molecule has 0 bridgehead atoms. The SMILES string of the molecule is CCOC(=O)C1(Sc2nc(Nc3ccc(C4CC4)c4ccccc34)c3sccc3n2)CCC1. The highest BCUT2D eigenvalue weighted by molar-refractivity contribution is 8.01. The van der Waals surface area contributed by atoms with Crippen LogP contribution in [-0.4, -0.2) is 27.3 Å². The van der Waals surface area contributed by atoms with Crippen molar-refractivity contribution < 1.29 is 9.53 Å². The van der Waals surface area contributed by atoms with Gasteiger partial charge in [-0.15, -0.1) is 11.3 Å². The minimum atomic E-state index is -0.560. The Morgan fingerprint density at radius 2 is 1.97 bits per heavy atom. The number of fused-ring (bicyclic) bond motifs is 2. The van der Waals surface area contributed by atoms with E-state index in [4.69, 9.17) is 14.7 Å². The van der Waals surface area contributed by atoms with Crippen LogP contribution in [0, 0.1) is 0 Å². The molecule has 168 valence electrons. The molecule has 2 aliphatic rings. The van der Waals surface area contributed by atoms with Crippen LogP contribution in [0.2, 0.25) is 0 Å². The van der Waals surface area contributed by atoms with Crippen molar-refractivity contribution >= 4 is 61.6 Å². The van der Waals surface area contributed by atoms with E-state index in [1.807, 2.05) is 18.4 Å². The smallest absolute Gasteiger partial charge is 0.322 e. The molecule has 0 aliphatic heterocycles. The van der Waals surface area contributed by atoms with Crippen molar-refractivity contribution in [2.24, 2.45) is 0 Å². The van der Waals surface area contributed by atoms with Crippen molar-refractivity contribution in [2.45, 2.75) is 54.8 Å². The van der Waals surface area contributed by atoms with Crippen molar-refractivity contribution in [1.82, 2.24) is 9.97 Å². The summed E-state index contributed by atoms with van der Waals surface area (Å²) in [7, 11) is 0. The van der Waals surface area contributed by atoms with E-state index in [0.29, 0.717) is 17.7 Å². The van der Waals surface area contributed by atoms with Gasteiger partial charge in [-0.25, -0.2) is 9.97 Å². The second kappa shape index (κ2) is 8.29. The number of thiophene rings is 1. The van der Waals surface area contributed by atoms with Gasteiger partial charge in [0.15, 0.2) is 11.0 Å². The van der Waals surface area contributed by atoms with Gasteiger partial charge in [0.25, 0.3) is 0 Å². The van der Waals surface area contributed by atoms with E-state index < -0.39 is 4.75 Å². The zero-order valence-electron chi connectivity index (χ0n) is 18.5. The lowest BCUT2D eigenvalue weighted by Crippen LogP contribution is -2.43. The largest absolute Gasteiger partial charge is 0.465 e. The number of esters is 1. The van der Waals surface area contributed by atoms with E-state index in [9.17, 15) is 4.79 Å². The Balaban J connectivity index is 1.38. The number of ether oxygens (including phenoxy) is 1. The number of anilines is 2. The number of aromatic nitrogens is 2. The Bertz CT molecular complexity index is 1360. The first-order valence-electron chi connectivity index (χ1n) is 11.6. The minimum Gasteiger partial charge on any atom is -0.465 e. The van der Waals surface area contributed by atoms with E-state index in [1.54, 1.807) is 11.3 Å². The summed E-state index contributed by atoms with van der Waals surface area (Å²) < 4.78 is 5.84. The zero-order chi connectivity index (χ0) is 22.4. The van der Waals surface area contributed by atoms with Crippen LogP contribution >= 0.6 is 23.1 Å². The molecule has 1 N–H and O–H groups in total. The number of hydrogen-bond acceptors (Lipinski definition) is 7. The first kappa shape index (κ1) is 20.9. The van der Waals surface area contributed by atoms with Crippen LogP contribution in [0.4, 0.5) is 11.5 Å². The number of carbonyl (C=O) groups is 1. The summed E-state index contributed by atoms with van der Waals surface area (Å²) in [6.45, 7) is 2.24. The number of hydrogen-bond donors (Lipinski definition) is 1. The van der Waals surface area contributed by atoms with Gasteiger partial charge in [0.05, 0.1) is 16.8 Å². The van der Waals surface area contributed by atoms with Crippen molar-refractivity contribution in [3.05, 3.63) is 53.4 Å². The fourth-order valence-electron chi connectivity index (χ4n) is 4.56. The first-order valence-corrected chi connectivity index (χ1v) is 13.3. The molecule has 0 atom stereocenters. The molecule has 5 nitrogen and oxygen atoms in total. The average Bonchev–Trinajstić information content (AvgIpc) is 3.53. The molecule has 6 rings (SSSR count). The molecule has 7 heteroatoms. The van der Waals surface area contributed by atoms with Crippen LogP contribution in [0.15, 0.2) is 53.0 Å². The summed E-state index contributed by atoms with van der Waals surface area (Å²) in [4.78, 5) is 22.3. The molecule has 0 unspecified atom stereocenters. The van der Waals surface area contributed by atoms with Gasteiger partial charge in [-0.2, -0.15) is 0 Å². The summed E-state index contributed by atoms with van der Waals surface area (Å²) in [5.74, 6) is 1.34. The van der Waals surface area contributed by atoms with Gasteiger partial charge in [0.2, 0.25) is 0 Å². The third-order valence-corrected chi connectivity index (χ3v) is 8.85. The molecule has 2 aromatic heterocycles. The lowest BCUT2D eigenvalue weighted by Gasteiger charge is -2.37. The predicted octanol–water partition coefficient (Wildman–Crippen LogP) is 7.04. The van der Waals surface area contributed by atoms with Crippen molar-refractivity contribution in [1.29, 1.82) is 0 Å². The van der Waals surface area contributed by atoms with Crippen molar-refractivity contribution in [3.8, 4) is 0 Å². The van der Waals surface area contributed by atoms with Crippen LogP contribution in [0.1, 0.15) is 50.5 Å². The maximum absolute atomic E-state index is 12.7. The highest BCUT2D eigenvalue weighted by Gasteiger charge is 2.47. The third-order valence-electron chi connectivity index (χ3n) is 6.61. The maximum atomic E-state index is 12.7. The number of thioether (sulfide) groups is 1. The normalized spacial score (nSPS) is 17.1. The molecule has 2 heterocycles. The van der Waals surface area contributed by atoms with Crippen LogP contribution in [0.3, 0.4) is 0 Å². The third kappa shape index (κ3) is 3.77. The Kier molecular flexibility index (Phi) is 5.26. The van der Waals surface area contributed by atoms with Crippen LogP contribution < -0.4 is 5.32 Å². The molecule has 2 aliphatic carbocycles. The highest BCUT2D eigenvalue weighted by atomic mass is 32.2. The lowest BCUT2D eigenvalue weighted by molar-refractivity contribution is -0.148. The molecule has 33 heavy (non-hydrogen) atoms. The van der Waals surface area contributed by atoms with Crippen molar-refractivity contribution in [2.75, 3.05) is 11.9 Å². The molecule has 2 fully saturated rings. The van der Waals surface area contributed by atoms with Gasteiger partial charge >= 0.3 is 5.97 Å². The fourth-order valence-corrected chi connectivity index (χ4v) is 6.61. The van der Waals surface area contributed by atoms with Gasteiger partial charge in [0.1, 0.15) is 4.75 Å². The van der Waals surface area contributed by atoms with Crippen molar-refractivity contribution in [3.63, 3.8) is 0 Å². The van der Waals surface area contributed by atoms with Gasteiger partial charge in [0, 0.05) is 11.1 Å². The average molecular weight is 476 g/mol. The number of nitrogens with zero attached hydrogens (tertiary/aromatic N) is 2. The Morgan fingerprint density at radius 1 is 1.15 bits per heavy atom. The topological polar surface area (TPSA) is 64.1 Å². The maximum Gasteiger partial charge on any atom is 0.322 e. The molecular weight excluding hydrogens is 450 g/mol. The predicted molar refractivity (Wildman–Crippen MR) is 136 cm³/mol. The number of nitrogens with one attached hydrogen (secondary N) is 1. The molecule has 0 amide bonds. The molecule has 2 aromatic carbocycles. The van der Waals surface area contributed by atoms with E-state index in [1.165, 1.54) is 40.9 Å². The quantitative estimate of drug-likeness (QED) is 0.228. The monoisotopic (exact) mass is 475 g/mol. The van der Waals surface area contributed by atoms with Gasteiger partial charge in [-0.05, 0) is 73.4 Å². The molecule has 2 saturated carbocycles. The van der Waals surface area contributed by atoms with Crippen LogP contribution in [-0.2, 0) is 9.53 Å². The van der Waals surface area contributed by atoms with Gasteiger partial charge < -0.3 is 10.1 Å². The molecule has 0 spiro atoms. The summed E-state index contributed by atoms with van der Waals surface area (Å²) in [5, 5.41) is 8.79. The van der Waals surface area contributed by atoms with Crippen LogP contribution in [0.25, 0.3) is 21.0 Å². The minimum absolute atomic E-state index is 0.147. The van der Waals surface area contributed by atoms with E-state index in [-0.39, 0.29) is 5.97 Å². The van der Waals surface area contributed by atoms with Crippen LogP contribution in [0.5, 0.6) is 0 Å². The summed E-state index contributed by atoms with van der Waals surface area (Å²) in [5.41, 5.74) is 3.39. The number of carbonyl (C=O) groups excluding carboxylic acids is 1. The standard InChI is InChI=1S/C26H25N3O2S2/c1-2-31-24(30)26(13-5-14-26)33-25-28-21-12-15-32-22(21)23(29-25)27-20-11-10-17(16-8-9-16)18-6-3-4-7-19(18)20/h3-4,6-7,10-12,15-16H,2,5,8-9,13-14H2,1H3,(H,27,28,29). The second-order valence-corrected chi connectivity index (χ2v) is 11.1. The highest BCUT2D eigenvalue weighted by Crippen LogP contribution is 2.49. The lowest BCUT2D eigenvalue weighted by atomic mass is 9.84. The Morgan fingerprint density at radius 3 is 2.70 bits per heavy atom. The van der Waals surface area contributed by atoms with E-state index in [0.717, 1.165) is 41.0 Å². The molecular formula is C26H25N3O2S2. The van der Waals surface area contributed by atoms with Gasteiger partial charge in [-0.1, -0.05) is 42.1 Å². The molecule has 0 saturated heterocycles. The number of rotatable bonds is 7. The Hall–Kier alpha value is -2.64. The van der Waals surface area contributed by atoms with E-state index in [2.05, 4.69) is 41.7 Å². The van der Waals surface area contributed by atoms with Gasteiger partial charge in [-0.3, -0.25) is 4.79 Å². The number of benzene rings is 2. The summed E-state index contributed by atoms with van der Waals surface area (Å²) in [6, 6.07) is 15.1. The zero-order valence-corrected chi connectivity index (χ0v) is 20.1.